The van der Waals surface area contributed by atoms with Gasteiger partial charge < -0.3 is 10.6 Å². The molecule has 17 heavy (non-hydrogen) atoms. The summed E-state index contributed by atoms with van der Waals surface area (Å²) in [5.74, 6) is 0.570. The largest absolute Gasteiger partial charge is 0.330 e. The van der Waals surface area contributed by atoms with Gasteiger partial charge in [0.1, 0.15) is 0 Å². The molecule has 1 unspecified atom stereocenters. The molecule has 0 saturated heterocycles. The molecule has 0 saturated carbocycles. The first-order valence-corrected chi connectivity index (χ1v) is 6.30. The Balaban J connectivity index is 2.30. The summed E-state index contributed by atoms with van der Waals surface area (Å²) in [4.78, 5) is 14.0. The molecule has 0 aromatic heterocycles. The minimum atomic E-state index is 0.232. The lowest BCUT2D eigenvalue weighted by atomic mass is 10.1. The van der Waals surface area contributed by atoms with E-state index < -0.39 is 0 Å². The van der Waals surface area contributed by atoms with E-state index in [1.54, 1.807) is 0 Å². The van der Waals surface area contributed by atoms with Gasteiger partial charge in [-0.2, -0.15) is 0 Å². The van der Waals surface area contributed by atoms with Gasteiger partial charge in [-0.1, -0.05) is 25.1 Å². The summed E-state index contributed by atoms with van der Waals surface area (Å²) in [5.41, 5.74) is 8.01. The first-order valence-electron chi connectivity index (χ1n) is 6.30. The van der Waals surface area contributed by atoms with Crippen LogP contribution in [-0.4, -0.2) is 19.0 Å². The summed E-state index contributed by atoms with van der Waals surface area (Å²) in [6.07, 6.45) is 2.59. The van der Waals surface area contributed by atoms with Crippen LogP contribution < -0.4 is 10.6 Å². The summed E-state index contributed by atoms with van der Waals surface area (Å²) >= 11 is 0. The number of amides is 1. The van der Waals surface area contributed by atoms with Crippen molar-refractivity contribution in [3.05, 3.63) is 29.8 Å². The topological polar surface area (TPSA) is 46.3 Å². The Kier molecular flexibility index (Phi) is 3.79. The van der Waals surface area contributed by atoms with Gasteiger partial charge in [0.2, 0.25) is 5.91 Å². The lowest BCUT2D eigenvalue weighted by Gasteiger charge is -2.25. The summed E-state index contributed by atoms with van der Waals surface area (Å²) in [6.45, 7) is 3.43. The van der Waals surface area contributed by atoms with E-state index in [1.165, 1.54) is 5.56 Å². The van der Waals surface area contributed by atoms with E-state index in [9.17, 15) is 4.79 Å². The molecule has 1 aromatic carbocycles. The maximum atomic E-state index is 12.1. The molecule has 1 atom stereocenters. The Bertz CT molecular complexity index is 403. The second kappa shape index (κ2) is 5.32. The number of carbonyl (C=O) groups is 1. The van der Waals surface area contributed by atoms with Gasteiger partial charge >= 0.3 is 0 Å². The molecule has 1 amide bonds. The number of rotatable bonds is 3. The maximum Gasteiger partial charge on any atom is 0.227 e. The Morgan fingerprint density at radius 1 is 1.35 bits per heavy atom. The molecule has 2 rings (SSSR count). The summed E-state index contributed by atoms with van der Waals surface area (Å²) in [5, 5.41) is 0. The molecule has 0 radical (unpaired) electrons. The van der Waals surface area contributed by atoms with Crippen LogP contribution in [0.5, 0.6) is 0 Å². The number of aryl methyl sites for hydroxylation is 1. The number of hydrogen-bond donors (Lipinski definition) is 1. The monoisotopic (exact) mass is 232 g/mol. The van der Waals surface area contributed by atoms with Gasteiger partial charge in [-0.3, -0.25) is 4.79 Å². The number of nitrogens with zero attached hydrogens (tertiary/aromatic N) is 1. The third kappa shape index (κ3) is 2.67. The van der Waals surface area contributed by atoms with E-state index in [1.807, 2.05) is 23.1 Å². The van der Waals surface area contributed by atoms with E-state index in [2.05, 4.69) is 13.0 Å². The van der Waals surface area contributed by atoms with Crippen molar-refractivity contribution < 1.29 is 4.79 Å². The van der Waals surface area contributed by atoms with Crippen molar-refractivity contribution in [1.29, 1.82) is 0 Å². The minimum absolute atomic E-state index is 0.232. The molecule has 3 nitrogen and oxygen atoms in total. The SMILES string of the molecule is CC(CN)CN1C(=O)CCCc2ccccc21. The number of nitrogens with two attached hydrogens (primary N) is 1. The number of fused-ring (bicyclic) bond motifs is 1. The normalized spacial score (nSPS) is 17.5. The minimum Gasteiger partial charge on any atom is -0.330 e. The van der Waals surface area contributed by atoms with Crippen molar-refractivity contribution in [1.82, 2.24) is 0 Å². The molecule has 0 bridgehead atoms. The first kappa shape index (κ1) is 12.1. The molecule has 3 heteroatoms. The van der Waals surface area contributed by atoms with Crippen molar-refractivity contribution in [2.45, 2.75) is 26.2 Å². The fourth-order valence-electron chi connectivity index (χ4n) is 2.27. The molecule has 0 aliphatic carbocycles. The third-order valence-electron chi connectivity index (χ3n) is 3.32. The van der Waals surface area contributed by atoms with E-state index in [0.717, 1.165) is 25.1 Å². The lowest BCUT2D eigenvalue weighted by Crippen LogP contribution is -2.36. The van der Waals surface area contributed by atoms with Crippen molar-refractivity contribution in [3.8, 4) is 0 Å². The van der Waals surface area contributed by atoms with Gasteiger partial charge in [0.25, 0.3) is 0 Å². The number of anilines is 1. The second-order valence-electron chi connectivity index (χ2n) is 4.83. The van der Waals surface area contributed by atoms with Crippen molar-refractivity contribution in [2.75, 3.05) is 18.0 Å². The highest BCUT2D eigenvalue weighted by Gasteiger charge is 2.22. The van der Waals surface area contributed by atoms with Crippen LogP contribution in [-0.2, 0) is 11.2 Å². The van der Waals surface area contributed by atoms with Crippen LogP contribution in [0.3, 0.4) is 0 Å². The number of benzene rings is 1. The zero-order valence-electron chi connectivity index (χ0n) is 10.4. The van der Waals surface area contributed by atoms with Gasteiger partial charge in [0, 0.05) is 18.7 Å². The molecule has 1 aliphatic rings. The molecule has 1 heterocycles. The highest BCUT2D eigenvalue weighted by atomic mass is 16.2. The molecule has 92 valence electrons. The molecule has 0 fully saturated rings. The zero-order chi connectivity index (χ0) is 12.3. The number of carbonyl (C=O) groups excluding carboxylic acids is 1. The van der Waals surface area contributed by atoms with Gasteiger partial charge in [-0.15, -0.1) is 0 Å². The zero-order valence-corrected chi connectivity index (χ0v) is 10.4. The van der Waals surface area contributed by atoms with E-state index in [0.29, 0.717) is 18.9 Å². The van der Waals surface area contributed by atoms with Crippen LogP contribution in [0, 0.1) is 5.92 Å². The Morgan fingerprint density at radius 3 is 2.88 bits per heavy atom. The smallest absolute Gasteiger partial charge is 0.227 e. The summed E-state index contributed by atoms with van der Waals surface area (Å²) in [6, 6.07) is 8.20. The fraction of sp³-hybridized carbons (Fsp3) is 0.500. The van der Waals surface area contributed by atoms with E-state index in [-0.39, 0.29) is 5.91 Å². The summed E-state index contributed by atoms with van der Waals surface area (Å²) < 4.78 is 0. The van der Waals surface area contributed by atoms with E-state index >= 15 is 0 Å². The molecular formula is C14H20N2O. The number of hydrogen-bond acceptors (Lipinski definition) is 2. The predicted molar refractivity (Wildman–Crippen MR) is 70.0 cm³/mol. The van der Waals surface area contributed by atoms with Crippen LogP contribution in [0.2, 0.25) is 0 Å². The van der Waals surface area contributed by atoms with Crippen LogP contribution in [0.15, 0.2) is 24.3 Å². The van der Waals surface area contributed by atoms with Crippen LogP contribution in [0.25, 0.3) is 0 Å². The Morgan fingerprint density at radius 2 is 2.12 bits per heavy atom. The average Bonchev–Trinajstić information content (AvgIpc) is 2.50. The van der Waals surface area contributed by atoms with Gasteiger partial charge in [0.05, 0.1) is 0 Å². The molecular weight excluding hydrogens is 212 g/mol. The first-order chi connectivity index (χ1) is 8.22. The van der Waals surface area contributed by atoms with Crippen LogP contribution in [0.1, 0.15) is 25.3 Å². The number of para-hydroxylation sites is 1. The Labute approximate surface area is 103 Å². The average molecular weight is 232 g/mol. The lowest BCUT2D eigenvalue weighted by molar-refractivity contribution is -0.118. The van der Waals surface area contributed by atoms with E-state index in [4.69, 9.17) is 5.73 Å². The highest BCUT2D eigenvalue weighted by molar-refractivity contribution is 5.94. The second-order valence-corrected chi connectivity index (χ2v) is 4.83. The molecule has 1 aromatic rings. The molecule has 2 N–H and O–H groups in total. The standard InChI is InChI=1S/C14H20N2O/c1-11(9-15)10-16-13-7-3-2-5-12(13)6-4-8-14(16)17/h2-3,5,7,11H,4,6,8-10,15H2,1H3. The van der Waals surface area contributed by atoms with Crippen molar-refractivity contribution in [3.63, 3.8) is 0 Å². The van der Waals surface area contributed by atoms with Gasteiger partial charge in [0.15, 0.2) is 0 Å². The maximum absolute atomic E-state index is 12.1. The predicted octanol–water partition coefficient (Wildman–Crippen LogP) is 1.95. The quantitative estimate of drug-likeness (QED) is 0.865. The van der Waals surface area contributed by atoms with Gasteiger partial charge in [-0.05, 0) is 36.9 Å². The Hall–Kier alpha value is -1.35. The fourth-order valence-corrected chi connectivity index (χ4v) is 2.27. The van der Waals surface area contributed by atoms with Crippen molar-refractivity contribution in [2.24, 2.45) is 11.7 Å². The summed E-state index contributed by atoms with van der Waals surface area (Å²) in [7, 11) is 0. The molecule has 1 aliphatic heterocycles. The third-order valence-corrected chi connectivity index (χ3v) is 3.32. The highest BCUT2D eigenvalue weighted by Crippen LogP contribution is 2.27. The van der Waals surface area contributed by atoms with Gasteiger partial charge in [-0.25, -0.2) is 0 Å². The van der Waals surface area contributed by atoms with Crippen molar-refractivity contribution >= 4 is 11.6 Å². The van der Waals surface area contributed by atoms with Crippen LogP contribution >= 0.6 is 0 Å². The molecule has 0 spiro atoms. The van der Waals surface area contributed by atoms with Crippen LogP contribution in [0.4, 0.5) is 5.69 Å².